The summed E-state index contributed by atoms with van der Waals surface area (Å²) in [6, 6.07) is 0. The van der Waals surface area contributed by atoms with Crippen molar-refractivity contribution in [3.05, 3.63) is 0 Å². The van der Waals surface area contributed by atoms with Crippen molar-refractivity contribution in [2.45, 2.75) is 34.3 Å². The van der Waals surface area contributed by atoms with Gasteiger partial charge in [-0.05, 0) is 0 Å². The van der Waals surface area contributed by atoms with Crippen LogP contribution in [0.1, 0.15) is 6.42 Å². The van der Waals surface area contributed by atoms with Crippen LogP contribution in [0.5, 0.6) is 0 Å². The fraction of sp³-hybridized carbons (Fsp3) is 1.00. The Balaban J connectivity index is 5.36. The van der Waals surface area contributed by atoms with Gasteiger partial charge in [0.25, 0.3) is 0 Å². The Hall–Kier alpha value is 0.0600. The third kappa shape index (κ3) is 3.14. The SMILES string of the molecule is OC[C@@H](I)CC(F)(F)C(F)(F)C(F)(F)C(F)(F)F. The van der Waals surface area contributed by atoms with Crippen molar-refractivity contribution in [1.82, 2.24) is 0 Å². The minimum atomic E-state index is -6.87. The van der Waals surface area contributed by atoms with Crippen LogP contribution < -0.4 is 0 Å². The van der Waals surface area contributed by atoms with Crippen molar-refractivity contribution >= 4 is 22.6 Å². The molecule has 0 saturated carbocycles. The minimum absolute atomic E-state index is 1.03. The lowest BCUT2D eigenvalue weighted by Gasteiger charge is -2.34. The third-order valence-corrected chi connectivity index (χ3v) is 2.72. The lowest BCUT2D eigenvalue weighted by Crippen LogP contribution is -2.61. The normalized spacial score (nSPS) is 16.8. The van der Waals surface area contributed by atoms with E-state index in [0.29, 0.717) is 0 Å². The molecule has 110 valence electrons. The van der Waals surface area contributed by atoms with Crippen LogP contribution in [0, 0.1) is 0 Å². The van der Waals surface area contributed by atoms with Crippen molar-refractivity contribution in [3.63, 3.8) is 0 Å². The summed E-state index contributed by atoms with van der Waals surface area (Å²) in [5.41, 5.74) is 0. The highest BCUT2D eigenvalue weighted by Gasteiger charge is 2.81. The van der Waals surface area contributed by atoms with Crippen LogP contribution in [0.3, 0.4) is 0 Å². The summed E-state index contributed by atoms with van der Waals surface area (Å²) in [6.45, 7) is -1.07. The molecule has 0 spiro atoms. The van der Waals surface area contributed by atoms with E-state index < -0.39 is 40.9 Å². The maximum absolute atomic E-state index is 12.8. The number of rotatable bonds is 5. The van der Waals surface area contributed by atoms with E-state index in [1.165, 1.54) is 0 Å². The van der Waals surface area contributed by atoms with Gasteiger partial charge in [0.15, 0.2) is 0 Å². The van der Waals surface area contributed by atoms with Crippen LogP contribution >= 0.6 is 22.6 Å². The number of aliphatic hydroxyl groups excluding tert-OH is 1. The lowest BCUT2D eigenvalue weighted by molar-refractivity contribution is -0.396. The predicted octanol–water partition coefficient (Wildman–Crippen LogP) is 3.64. The van der Waals surface area contributed by atoms with Crippen LogP contribution in [-0.2, 0) is 0 Å². The second kappa shape index (κ2) is 5.21. The van der Waals surface area contributed by atoms with Crippen molar-refractivity contribution in [2.24, 2.45) is 0 Å². The molecule has 1 nitrogen and oxygen atoms in total. The Labute approximate surface area is 108 Å². The molecule has 0 radical (unpaired) electrons. The van der Waals surface area contributed by atoms with Gasteiger partial charge >= 0.3 is 23.9 Å². The Morgan fingerprint density at radius 3 is 1.50 bits per heavy atom. The Morgan fingerprint density at radius 2 is 1.22 bits per heavy atom. The van der Waals surface area contributed by atoms with E-state index in [1.54, 1.807) is 0 Å². The van der Waals surface area contributed by atoms with Gasteiger partial charge in [-0.2, -0.15) is 39.5 Å². The third-order valence-electron chi connectivity index (χ3n) is 1.89. The molecule has 1 N–H and O–H groups in total. The summed E-state index contributed by atoms with van der Waals surface area (Å²) in [5.74, 6) is -19.1. The van der Waals surface area contributed by atoms with E-state index in [-0.39, 0.29) is 0 Å². The first-order valence-electron chi connectivity index (χ1n) is 4.16. The molecule has 0 aliphatic rings. The molecule has 0 heterocycles. The molecule has 11 heteroatoms. The van der Waals surface area contributed by atoms with Crippen LogP contribution in [0.2, 0.25) is 0 Å². The van der Waals surface area contributed by atoms with Gasteiger partial charge in [0, 0.05) is 10.3 Å². The fourth-order valence-electron chi connectivity index (χ4n) is 0.879. The average Bonchev–Trinajstić information content (AvgIpc) is 2.14. The first kappa shape index (κ1) is 18.1. The number of halogens is 10. The van der Waals surface area contributed by atoms with E-state index in [0.717, 1.165) is 22.6 Å². The van der Waals surface area contributed by atoms with Crippen LogP contribution in [-0.4, -0.2) is 39.6 Å². The molecule has 0 bridgehead atoms. The van der Waals surface area contributed by atoms with E-state index in [2.05, 4.69) is 0 Å². The van der Waals surface area contributed by atoms with Crippen molar-refractivity contribution in [3.8, 4) is 0 Å². The zero-order valence-electron chi connectivity index (χ0n) is 8.22. The Morgan fingerprint density at radius 1 is 0.833 bits per heavy atom. The van der Waals surface area contributed by atoms with Crippen LogP contribution in [0.25, 0.3) is 0 Å². The molecule has 0 fully saturated rings. The van der Waals surface area contributed by atoms with Gasteiger partial charge < -0.3 is 5.11 Å². The predicted molar refractivity (Wildman–Crippen MR) is 50.4 cm³/mol. The number of aliphatic hydroxyl groups is 1. The standard InChI is InChI=1S/C7H6F9IO/c8-4(9,1-3(17)2-18)5(10,11)6(12,13)7(14,15)16/h3,18H,1-2H2/t3-/m0/s1. The topological polar surface area (TPSA) is 20.2 Å². The number of hydrogen-bond donors (Lipinski definition) is 1. The molecule has 0 aromatic heterocycles. The van der Waals surface area contributed by atoms with E-state index >= 15 is 0 Å². The average molecular weight is 404 g/mol. The van der Waals surface area contributed by atoms with Crippen LogP contribution in [0.4, 0.5) is 39.5 Å². The van der Waals surface area contributed by atoms with Crippen molar-refractivity contribution in [1.29, 1.82) is 0 Å². The molecule has 0 amide bonds. The van der Waals surface area contributed by atoms with Gasteiger partial charge in [0.1, 0.15) is 0 Å². The summed E-state index contributed by atoms with van der Waals surface area (Å²) in [6.07, 6.45) is -8.82. The summed E-state index contributed by atoms with van der Waals surface area (Å²) in [4.78, 5) is 0. The monoisotopic (exact) mass is 404 g/mol. The Bertz CT molecular complexity index is 287. The van der Waals surface area contributed by atoms with Gasteiger partial charge in [0.05, 0.1) is 6.61 Å². The smallest absolute Gasteiger partial charge is 0.395 e. The zero-order chi connectivity index (χ0) is 15.0. The summed E-state index contributed by atoms with van der Waals surface area (Å²) in [5, 5.41) is 8.33. The van der Waals surface area contributed by atoms with Gasteiger partial charge in [0.2, 0.25) is 0 Å². The number of alkyl halides is 10. The maximum atomic E-state index is 12.8. The van der Waals surface area contributed by atoms with E-state index in [4.69, 9.17) is 5.11 Å². The second-order valence-electron chi connectivity index (χ2n) is 3.33. The molecular weight excluding hydrogens is 398 g/mol. The fourth-order valence-corrected chi connectivity index (χ4v) is 1.43. The molecule has 0 aliphatic heterocycles. The molecular formula is C7H6F9IO. The highest BCUT2D eigenvalue weighted by molar-refractivity contribution is 14.1. The first-order chi connectivity index (χ1) is 7.70. The van der Waals surface area contributed by atoms with Crippen molar-refractivity contribution in [2.75, 3.05) is 6.61 Å². The van der Waals surface area contributed by atoms with E-state index in [9.17, 15) is 39.5 Å². The van der Waals surface area contributed by atoms with Crippen molar-refractivity contribution < 1.29 is 44.6 Å². The van der Waals surface area contributed by atoms with Crippen LogP contribution in [0.15, 0.2) is 0 Å². The zero-order valence-corrected chi connectivity index (χ0v) is 10.4. The second-order valence-corrected chi connectivity index (χ2v) is 5.10. The molecule has 0 rings (SSSR count). The molecule has 18 heavy (non-hydrogen) atoms. The van der Waals surface area contributed by atoms with Gasteiger partial charge in [-0.15, -0.1) is 0 Å². The van der Waals surface area contributed by atoms with E-state index in [1.807, 2.05) is 0 Å². The summed E-state index contributed by atoms with van der Waals surface area (Å²) >= 11 is 1.03. The largest absolute Gasteiger partial charge is 0.460 e. The number of hydrogen-bond acceptors (Lipinski definition) is 1. The molecule has 1 atom stereocenters. The molecule has 0 aromatic rings. The molecule has 0 aliphatic carbocycles. The summed E-state index contributed by atoms with van der Waals surface area (Å²) < 4.78 is 109. The highest BCUT2D eigenvalue weighted by atomic mass is 127. The lowest BCUT2D eigenvalue weighted by atomic mass is 10.00. The summed E-state index contributed by atoms with van der Waals surface area (Å²) in [7, 11) is 0. The van der Waals surface area contributed by atoms with Gasteiger partial charge in [-0.1, -0.05) is 22.6 Å². The first-order valence-corrected chi connectivity index (χ1v) is 5.40. The molecule has 0 unspecified atom stereocenters. The quantitative estimate of drug-likeness (QED) is 0.422. The minimum Gasteiger partial charge on any atom is -0.395 e. The highest BCUT2D eigenvalue weighted by Crippen LogP contribution is 2.54. The molecule has 0 saturated heterocycles. The van der Waals surface area contributed by atoms with Gasteiger partial charge in [-0.25, -0.2) is 0 Å². The Kier molecular flexibility index (Phi) is 5.23. The maximum Gasteiger partial charge on any atom is 0.460 e. The molecule has 0 aromatic carbocycles. The van der Waals surface area contributed by atoms with Gasteiger partial charge in [-0.3, -0.25) is 0 Å².